The highest BCUT2D eigenvalue weighted by Gasteiger charge is 2.30. The number of aliphatic hydroxyl groups excluding tert-OH is 1. The second kappa shape index (κ2) is 5.58. The highest BCUT2D eigenvalue weighted by molar-refractivity contribution is 8.00. The lowest BCUT2D eigenvalue weighted by atomic mass is 9.98. The van der Waals surface area contributed by atoms with Gasteiger partial charge in [-0.2, -0.15) is 11.8 Å². The molecule has 0 fully saturated rings. The van der Waals surface area contributed by atoms with E-state index in [0.29, 0.717) is 6.42 Å². The predicted molar refractivity (Wildman–Crippen MR) is 58.4 cm³/mol. The van der Waals surface area contributed by atoms with Gasteiger partial charge in [0.2, 0.25) is 0 Å². The van der Waals surface area contributed by atoms with Gasteiger partial charge >= 0.3 is 5.97 Å². The van der Waals surface area contributed by atoms with Crippen molar-refractivity contribution in [3.8, 4) is 0 Å². The second-order valence-electron chi connectivity index (χ2n) is 3.87. The Hall–Kier alpha value is -0.260. The SMILES string of the molecule is CC(CO)SC(C)CC(C)(N)C(=O)O. The van der Waals surface area contributed by atoms with Crippen LogP contribution in [0.2, 0.25) is 0 Å². The number of carboxylic acids is 1. The van der Waals surface area contributed by atoms with E-state index in [-0.39, 0.29) is 17.1 Å². The van der Waals surface area contributed by atoms with Crippen LogP contribution in [0.5, 0.6) is 0 Å². The number of thioether (sulfide) groups is 1. The topological polar surface area (TPSA) is 83.5 Å². The van der Waals surface area contributed by atoms with Crippen molar-refractivity contribution < 1.29 is 15.0 Å². The number of carboxylic acid groups (broad SMARTS) is 1. The van der Waals surface area contributed by atoms with Gasteiger partial charge in [-0.05, 0) is 13.3 Å². The molecule has 0 spiro atoms. The molecule has 0 aromatic rings. The van der Waals surface area contributed by atoms with Crippen molar-refractivity contribution in [1.29, 1.82) is 0 Å². The van der Waals surface area contributed by atoms with Gasteiger partial charge in [-0.15, -0.1) is 0 Å². The third kappa shape index (κ3) is 4.83. The van der Waals surface area contributed by atoms with Crippen molar-refractivity contribution in [2.24, 2.45) is 5.73 Å². The van der Waals surface area contributed by atoms with E-state index in [1.54, 1.807) is 11.8 Å². The van der Waals surface area contributed by atoms with Gasteiger partial charge in [0.15, 0.2) is 0 Å². The molecule has 0 aromatic carbocycles. The molecule has 0 saturated carbocycles. The van der Waals surface area contributed by atoms with Crippen LogP contribution >= 0.6 is 11.8 Å². The maximum absolute atomic E-state index is 10.7. The molecule has 0 radical (unpaired) electrons. The number of carbonyl (C=O) groups is 1. The smallest absolute Gasteiger partial charge is 0.323 e. The first kappa shape index (κ1) is 13.7. The van der Waals surface area contributed by atoms with E-state index in [1.807, 2.05) is 13.8 Å². The third-order valence-electron chi connectivity index (χ3n) is 1.92. The molecule has 0 aromatic heterocycles. The summed E-state index contributed by atoms with van der Waals surface area (Å²) in [6, 6.07) is 0. The van der Waals surface area contributed by atoms with Gasteiger partial charge in [-0.25, -0.2) is 0 Å². The molecule has 0 bridgehead atoms. The zero-order valence-electron chi connectivity index (χ0n) is 8.86. The average molecular weight is 221 g/mol. The van der Waals surface area contributed by atoms with E-state index in [2.05, 4.69) is 0 Å². The number of rotatable bonds is 6. The van der Waals surface area contributed by atoms with Crippen LogP contribution in [0.4, 0.5) is 0 Å². The van der Waals surface area contributed by atoms with Crippen LogP contribution < -0.4 is 5.73 Å². The first-order valence-electron chi connectivity index (χ1n) is 4.58. The average Bonchev–Trinajstić information content (AvgIpc) is 2.02. The molecule has 0 aliphatic heterocycles. The molecule has 5 heteroatoms. The Morgan fingerprint density at radius 3 is 2.36 bits per heavy atom. The van der Waals surface area contributed by atoms with Gasteiger partial charge in [0.1, 0.15) is 5.54 Å². The maximum Gasteiger partial charge on any atom is 0.323 e. The van der Waals surface area contributed by atoms with E-state index in [1.165, 1.54) is 6.92 Å². The van der Waals surface area contributed by atoms with Crippen molar-refractivity contribution in [3.05, 3.63) is 0 Å². The lowest BCUT2D eigenvalue weighted by Gasteiger charge is -2.24. The molecule has 84 valence electrons. The van der Waals surface area contributed by atoms with Crippen molar-refractivity contribution in [1.82, 2.24) is 0 Å². The highest BCUT2D eigenvalue weighted by atomic mass is 32.2. The van der Waals surface area contributed by atoms with Crippen LogP contribution in [-0.2, 0) is 4.79 Å². The second-order valence-corrected chi connectivity index (χ2v) is 5.75. The Bertz CT molecular complexity index is 196. The summed E-state index contributed by atoms with van der Waals surface area (Å²) in [4.78, 5) is 10.7. The molecule has 4 N–H and O–H groups in total. The van der Waals surface area contributed by atoms with Gasteiger partial charge in [-0.1, -0.05) is 13.8 Å². The molecule has 4 nitrogen and oxygen atoms in total. The van der Waals surface area contributed by atoms with Crippen LogP contribution in [0.25, 0.3) is 0 Å². The van der Waals surface area contributed by atoms with E-state index < -0.39 is 11.5 Å². The number of aliphatic hydroxyl groups is 1. The molecule has 0 saturated heterocycles. The van der Waals surface area contributed by atoms with Gasteiger partial charge < -0.3 is 15.9 Å². The van der Waals surface area contributed by atoms with Crippen molar-refractivity contribution in [2.45, 2.75) is 43.2 Å². The molecular weight excluding hydrogens is 202 g/mol. The standard InChI is InChI=1S/C9H19NO3S/c1-6(14-7(2)5-11)4-9(3,10)8(12)13/h6-7,11H,4-5,10H2,1-3H3,(H,12,13). The molecule has 0 aliphatic carbocycles. The Morgan fingerprint density at radius 2 is 2.00 bits per heavy atom. The molecular formula is C9H19NO3S. The number of aliphatic carboxylic acids is 1. The minimum absolute atomic E-state index is 0.101. The first-order valence-corrected chi connectivity index (χ1v) is 5.52. The zero-order chi connectivity index (χ0) is 11.4. The fourth-order valence-corrected chi connectivity index (χ4v) is 2.49. The minimum Gasteiger partial charge on any atom is -0.480 e. The molecule has 0 heterocycles. The van der Waals surface area contributed by atoms with Crippen LogP contribution in [-0.4, -0.2) is 38.8 Å². The minimum atomic E-state index is -1.18. The largest absolute Gasteiger partial charge is 0.480 e. The Balaban J connectivity index is 4.05. The summed E-state index contributed by atoms with van der Waals surface area (Å²) in [5.41, 5.74) is 4.42. The predicted octanol–water partition coefficient (Wildman–Crippen LogP) is 0.681. The lowest BCUT2D eigenvalue weighted by molar-refractivity contribution is -0.142. The van der Waals surface area contributed by atoms with E-state index >= 15 is 0 Å². The molecule has 3 atom stereocenters. The normalized spacial score (nSPS) is 19.8. The van der Waals surface area contributed by atoms with Crippen LogP contribution in [0.1, 0.15) is 27.2 Å². The van der Waals surface area contributed by atoms with Crippen molar-refractivity contribution >= 4 is 17.7 Å². The van der Waals surface area contributed by atoms with Crippen molar-refractivity contribution in [3.63, 3.8) is 0 Å². The summed E-state index contributed by atoms with van der Waals surface area (Å²) in [6.45, 7) is 5.43. The lowest BCUT2D eigenvalue weighted by Crippen LogP contribution is -2.46. The molecule has 14 heavy (non-hydrogen) atoms. The van der Waals surface area contributed by atoms with Crippen molar-refractivity contribution in [2.75, 3.05) is 6.61 Å². The molecule has 3 unspecified atom stereocenters. The third-order valence-corrected chi connectivity index (χ3v) is 3.17. The Kier molecular flexibility index (Phi) is 5.48. The Morgan fingerprint density at radius 1 is 1.50 bits per heavy atom. The zero-order valence-corrected chi connectivity index (χ0v) is 9.67. The summed E-state index contributed by atoms with van der Waals surface area (Å²) in [6.07, 6.45) is 0.400. The van der Waals surface area contributed by atoms with Gasteiger partial charge in [0.05, 0.1) is 6.61 Å². The van der Waals surface area contributed by atoms with Crippen LogP contribution in [0.3, 0.4) is 0 Å². The summed E-state index contributed by atoms with van der Waals surface area (Å²) in [5, 5.41) is 17.9. The van der Waals surface area contributed by atoms with Crippen LogP contribution in [0, 0.1) is 0 Å². The van der Waals surface area contributed by atoms with Gasteiger partial charge in [-0.3, -0.25) is 4.79 Å². The quantitative estimate of drug-likeness (QED) is 0.614. The highest BCUT2D eigenvalue weighted by Crippen LogP contribution is 2.24. The van der Waals surface area contributed by atoms with E-state index in [9.17, 15) is 4.79 Å². The molecule has 0 rings (SSSR count). The Labute approximate surface area is 88.9 Å². The molecule has 0 aliphatic rings. The van der Waals surface area contributed by atoms with E-state index in [4.69, 9.17) is 15.9 Å². The van der Waals surface area contributed by atoms with Gasteiger partial charge in [0, 0.05) is 10.5 Å². The van der Waals surface area contributed by atoms with Crippen LogP contribution in [0.15, 0.2) is 0 Å². The monoisotopic (exact) mass is 221 g/mol. The summed E-state index contributed by atoms with van der Waals surface area (Å²) < 4.78 is 0. The number of hydrogen-bond acceptors (Lipinski definition) is 4. The van der Waals surface area contributed by atoms with Gasteiger partial charge in [0.25, 0.3) is 0 Å². The number of hydrogen-bond donors (Lipinski definition) is 3. The number of nitrogens with two attached hydrogens (primary N) is 1. The first-order chi connectivity index (χ1) is 6.29. The fraction of sp³-hybridized carbons (Fsp3) is 0.889. The summed E-state index contributed by atoms with van der Waals surface area (Å²) in [7, 11) is 0. The van der Waals surface area contributed by atoms with E-state index in [0.717, 1.165) is 0 Å². The summed E-state index contributed by atoms with van der Waals surface area (Å²) >= 11 is 1.55. The maximum atomic E-state index is 10.7. The fourth-order valence-electron chi connectivity index (χ4n) is 1.17. The molecule has 0 amide bonds. The summed E-state index contributed by atoms with van der Waals surface area (Å²) in [5.74, 6) is -0.985.